The number of aromatic nitrogens is 1. The zero-order valence-corrected chi connectivity index (χ0v) is 18.5. The first-order chi connectivity index (χ1) is 14.3. The maximum absolute atomic E-state index is 13.4. The third-order valence-corrected chi connectivity index (χ3v) is 5.86. The SMILES string of the molecule is CCOC(=O)c1[nH]c(C)c(C(=O)[C@@H](C)N(CC2CC2)C(=O)c2ccccc2Cl)c1C. The Bertz CT molecular complexity index is 978. The van der Waals surface area contributed by atoms with E-state index in [9.17, 15) is 14.4 Å². The lowest BCUT2D eigenvalue weighted by molar-refractivity contribution is 0.0518. The van der Waals surface area contributed by atoms with E-state index in [1.54, 1.807) is 56.9 Å². The van der Waals surface area contributed by atoms with Gasteiger partial charge in [-0.25, -0.2) is 4.79 Å². The topological polar surface area (TPSA) is 79.5 Å². The van der Waals surface area contributed by atoms with Crippen LogP contribution in [0.5, 0.6) is 0 Å². The molecule has 6 nitrogen and oxygen atoms in total. The highest BCUT2D eigenvalue weighted by molar-refractivity contribution is 6.33. The second-order valence-corrected chi connectivity index (χ2v) is 8.17. The largest absolute Gasteiger partial charge is 0.461 e. The molecule has 1 aromatic heterocycles. The third kappa shape index (κ3) is 4.43. The first-order valence-electron chi connectivity index (χ1n) is 10.2. The predicted octanol–water partition coefficient (Wildman–Crippen LogP) is 4.59. The molecule has 1 heterocycles. The molecule has 160 valence electrons. The summed E-state index contributed by atoms with van der Waals surface area (Å²) in [6.45, 7) is 7.68. The van der Waals surface area contributed by atoms with Crippen molar-refractivity contribution in [1.29, 1.82) is 0 Å². The van der Waals surface area contributed by atoms with Gasteiger partial charge in [-0.1, -0.05) is 23.7 Å². The maximum atomic E-state index is 13.4. The lowest BCUT2D eigenvalue weighted by Crippen LogP contribution is -2.44. The number of halogens is 1. The molecule has 1 amide bonds. The van der Waals surface area contributed by atoms with Gasteiger partial charge < -0.3 is 14.6 Å². The molecule has 0 saturated heterocycles. The number of H-pyrrole nitrogens is 1. The van der Waals surface area contributed by atoms with Crippen LogP contribution in [0.4, 0.5) is 0 Å². The normalized spacial score (nSPS) is 14.3. The van der Waals surface area contributed by atoms with Crippen LogP contribution in [0.3, 0.4) is 0 Å². The Kier molecular flexibility index (Phi) is 6.66. The predicted molar refractivity (Wildman–Crippen MR) is 115 cm³/mol. The van der Waals surface area contributed by atoms with Gasteiger partial charge in [-0.15, -0.1) is 0 Å². The van der Waals surface area contributed by atoms with E-state index in [0.29, 0.717) is 39.9 Å². The maximum Gasteiger partial charge on any atom is 0.355 e. The summed E-state index contributed by atoms with van der Waals surface area (Å²) in [6, 6.07) is 6.17. The van der Waals surface area contributed by atoms with Gasteiger partial charge in [0.05, 0.1) is 23.2 Å². The van der Waals surface area contributed by atoms with Gasteiger partial charge in [0.2, 0.25) is 0 Å². The minimum atomic E-state index is -0.697. The molecular weight excluding hydrogens is 404 g/mol. The molecule has 1 aromatic carbocycles. The van der Waals surface area contributed by atoms with Crippen LogP contribution in [-0.2, 0) is 4.74 Å². The zero-order chi connectivity index (χ0) is 22.0. The van der Waals surface area contributed by atoms with Gasteiger partial charge >= 0.3 is 5.97 Å². The molecule has 1 fully saturated rings. The Morgan fingerprint density at radius 2 is 1.90 bits per heavy atom. The molecule has 1 N–H and O–H groups in total. The number of rotatable bonds is 8. The molecule has 1 atom stereocenters. The van der Waals surface area contributed by atoms with E-state index in [2.05, 4.69) is 4.98 Å². The van der Waals surface area contributed by atoms with Crippen molar-refractivity contribution in [2.24, 2.45) is 5.92 Å². The van der Waals surface area contributed by atoms with Crippen molar-refractivity contribution in [2.45, 2.75) is 46.6 Å². The summed E-state index contributed by atoms with van der Waals surface area (Å²) in [5, 5.41) is 0.363. The number of benzene rings is 1. The van der Waals surface area contributed by atoms with E-state index in [0.717, 1.165) is 12.8 Å². The van der Waals surface area contributed by atoms with E-state index < -0.39 is 12.0 Å². The van der Waals surface area contributed by atoms with E-state index in [-0.39, 0.29) is 24.0 Å². The number of nitrogens with zero attached hydrogens (tertiary/aromatic N) is 1. The van der Waals surface area contributed by atoms with Crippen LogP contribution >= 0.6 is 11.6 Å². The van der Waals surface area contributed by atoms with Crippen molar-refractivity contribution in [1.82, 2.24) is 9.88 Å². The molecule has 0 radical (unpaired) electrons. The molecule has 1 aliphatic carbocycles. The number of amides is 1. The first kappa shape index (κ1) is 22.1. The quantitative estimate of drug-likeness (QED) is 0.490. The number of hydrogen-bond acceptors (Lipinski definition) is 4. The van der Waals surface area contributed by atoms with Crippen molar-refractivity contribution >= 4 is 29.3 Å². The van der Waals surface area contributed by atoms with Crippen molar-refractivity contribution in [2.75, 3.05) is 13.2 Å². The van der Waals surface area contributed by atoms with Gasteiger partial charge in [-0.05, 0) is 64.2 Å². The van der Waals surface area contributed by atoms with E-state index in [4.69, 9.17) is 16.3 Å². The number of nitrogens with one attached hydrogen (secondary N) is 1. The van der Waals surface area contributed by atoms with E-state index in [1.165, 1.54) is 0 Å². The highest BCUT2D eigenvalue weighted by atomic mass is 35.5. The van der Waals surface area contributed by atoms with Gasteiger partial charge in [-0.2, -0.15) is 0 Å². The minimum Gasteiger partial charge on any atom is -0.461 e. The molecule has 2 aromatic rings. The van der Waals surface area contributed by atoms with Gasteiger partial charge in [0.15, 0.2) is 5.78 Å². The fraction of sp³-hybridized carbons (Fsp3) is 0.435. The summed E-state index contributed by atoms with van der Waals surface area (Å²) in [6.07, 6.45) is 2.09. The second kappa shape index (κ2) is 9.04. The van der Waals surface area contributed by atoms with Crippen LogP contribution in [0, 0.1) is 19.8 Å². The molecule has 7 heteroatoms. The second-order valence-electron chi connectivity index (χ2n) is 7.77. The Balaban J connectivity index is 1.92. The lowest BCUT2D eigenvalue weighted by atomic mass is 9.99. The minimum absolute atomic E-state index is 0.210. The molecule has 0 unspecified atom stereocenters. The first-order valence-corrected chi connectivity index (χ1v) is 10.6. The number of Topliss-reactive ketones (excluding diaryl/α,β-unsaturated/α-hetero) is 1. The van der Waals surface area contributed by atoms with E-state index in [1.807, 2.05) is 0 Å². The van der Waals surface area contributed by atoms with Crippen LogP contribution in [0.1, 0.15) is 69.2 Å². The number of carbonyl (C=O) groups is 3. The Labute approximate surface area is 181 Å². The van der Waals surface area contributed by atoms with Crippen molar-refractivity contribution in [3.8, 4) is 0 Å². The van der Waals surface area contributed by atoms with Gasteiger partial charge in [-0.3, -0.25) is 9.59 Å². The molecule has 30 heavy (non-hydrogen) atoms. The number of hydrogen-bond donors (Lipinski definition) is 1. The van der Waals surface area contributed by atoms with Crippen LogP contribution in [0.2, 0.25) is 5.02 Å². The number of aromatic amines is 1. The van der Waals surface area contributed by atoms with Gasteiger partial charge in [0.1, 0.15) is 5.69 Å². The molecule has 0 aliphatic heterocycles. The fourth-order valence-corrected chi connectivity index (χ4v) is 3.88. The van der Waals surface area contributed by atoms with Crippen LogP contribution < -0.4 is 0 Å². The average Bonchev–Trinajstić information content (AvgIpc) is 3.48. The average molecular weight is 431 g/mol. The van der Waals surface area contributed by atoms with Gasteiger partial charge in [0.25, 0.3) is 5.91 Å². The Hall–Kier alpha value is -2.60. The third-order valence-electron chi connectivity index (χ3n) is 5.53. The molecule has 0 bridgehead atoms. The number of esters is 1. The van der Waals surface area contributed by atoms with Crippen LogP contribution in [0.15, 0.2) is 24.3 Å². The molecule has 1 aliphatic rings. The monoisotopic (exact) mass is 430 g/mol. The van der Waals surface area contributed by atoms with Crippen molar-refractivity contribution < 1.29 is 19.1 Å². The van der Waals surface area contributed by atoms with Gasteiger partial charge in [0, 0.05) is 17.8 Å². The molecule has 1 saturated carbocycles. The number of ether oxygens (including phenoxy) is 1. The summed E-state index contributed by atoms with van der Waals surface area (Å²) < 4.78 is 5.07. The Morgan fingerprint density at radius 1 is 1.23 bits per heavy atom. The number of carbonyl (C=O) groups excluding carboxylic acids is 3. The fourth-order valence-electron chi connectivity index (χ4n) is 3.66. The standard InChI is InChI=1S/C23H27ClN2O4/c1-5-30-23(29)20-13(2)19(14(3)25-20)21(27)15(4)26(12-16-10-11-16)22(28)17-8-6-7-9-18(17)24/h6-9,15-16,25H,5,10-12H2,1-4H3/t15-/m1/s1. The Morgan fingerprint density at radius 3 is 2.50 bits per heavy atom. The highest BCUT2D eigenvalue weighted by Crippen LogP contribution is 2.32. The summed E-state index contributed by atoms with van der Waals surface area (Å²) in [5.41, 5.74) is 2.21. The summed E-state index contributed by atoms with van der Waals surface area (Å²) in [7, 11) is 0. The number of aryl methyl sites for hydroxylation is 1. The van der Waals surface area contributed by atoms with Crippen molar-refractivity contribution in [3.05, 3.63) is 57.4 Å². The lowest BCUT2D eigenvalue weighted by Gasteiger charge is -2.29. The molecule has 3 rings (SSSR count). The zero-order valence-electron chi connectivity index (χ0n) is 17.8. The summed E-state index contributed by atoms with van der Waals surface area (Å²) >= 11 is 6.25. The summed E-state index contributed by atoms with van der Waals surface area (Å²) in [4.78, 5) is 43.5. The number of ketones is 1. The molecule has 0 spiro atoms. The van der Waals surface area contributed by atoms with E-state index >= 15 is 0 Å². The van der Waals surface area contributed by atoms with Crippen LogP contribution in [-0.4, -0.2) is 46.7 Å². The summed E-state index contributed by atoms with van der Waals surface area (Å²) in [5.74, 6) is -0.565. The highest BCUT2D eigenvalue weighted by Gasteiger charge is 2.35. The van der Waals surface area contributed by atoms with Crippen LogP contribution in [0.25, 0.3) is 0 Å². The smallest absolute Gasteiger partial charge is 0.355 e. The van der Waals surface area contributed by atoms with Crippen molar-refractivity contribution in [3.63, 3.8) is 0 Å². The molecular formula is C23H27ClN2O4.